The third-order valence-corrected chi connectivity index (χ3v) is 4.21. The van der Waals surface area contributed by atoms with Crippen LogP contribution in [0.3, 0.4) is 0 Å². The molecule has 0 aliphatic heterocycles. The Morgan fingerprint density at radius 1 is 1.00 bits per heavy atom. The van der Waals surface area contributed by atoms with E-state index in [1.807, 2.05) is 26.8 Å². The third-order valence-electron chi connectivity index (χ3n) is 4.21. The topological polar surface area (TPSA) is 83.1 Å². The molecule has 30 heavy (non-hydrogen) atoms. The average molecular weight is 415 g/mol. The molecule has 0 saturated heterocycles. The van der Waals surface area contributed by atoms with Crippen molar-refractivity contribution >= 4 is 17.6 Å². The Morgan fingerprint density at radius 3 is 2.40 bits per heavy atom. The maximum absolute atomic E-state index is 12.5. The Hall–Kier alpha value is -3.22. The number of carbonyl (C=O) groups is 2. The van der Waals surface area contributed by atoms with Gasteiger partial charge in [-0.05, 0) is 63.1 Å². The van der Waals surface area contributed by atoms with E-state index in [2.05, 4.69) is 5.32 Å². The Bertz CT molecular complexity index is 880. The van der Waals surface area contributed by atoms with E-state index in [1.54, 1.807) is 30.3 Å². The Labute approximate surface area is 177 Å². The third kappa shape index (κ3) is 6.14. The number of aryl methyl sites for hydroxylation is 1. The lowest BCUT2D eigenvalue weighted by Crippen LogP contribution is -2.30. The van der Waals surface area contributed by atoms with Crippen LogP contribution in [-0.4, -0.2) is 38.3 Å². The van der Waals surface area contributed by atoms with Crippen LogP contribution >= 0.6 is 0 Å². The molecule has 0 radical (unpaired) electrons. The molecule has 2 rings (SSSR count). The number of anilines is 1. The summed E-state index contributed by atoms with van der Waals surface area (Å²) in [4.78, 5) is 25.1. The van der Waals surface area contributed by atoms with Crippen LogP contribution < -0.4 is 19.5 Å². The molecule has 162 valence electrons. The van der Waals surface area contributed by atoms with Crippen LogP contribution in [0.5, 0.6) is 17.2 Å². The van der Waals surface area contributed by atoms with E-state index >= 15 is 0 Å². The van der Waals surface area contributed by atoms with Gasteiger partial charge in [-0.25, -0.2) is 4.79 Å². The molecular weight excluding hydrogens is 386 g/mol. The van der Waals surface area contributed by atoms with E-state index in [-0.39, 0.29) is 5.56 Å². The largest absolute Gasteiger partial charge is 0.495 e. The van der Waals surface area contributed by atoms with E-state index in [9.17, 15) is 9.59 Å². The van der Waals surface area contributed by atoms with E-state index in [0.29, 0.717) is 36.1 Å². The summed E-state index contributed by atoms with van der Waals surface area (Å²) >= 11 is 0. The van der Waals surface area contributed by atoms with Crippen molar-refractivity contribution in [2.75, 3.05) is 25.6 Å². The Balaban J connectivity index is 2.08. The van der Waals surface area contributed by atoms with E-state index in [4.69, 9.17) is 18.9 Å². The van der Waals surface area contributed by atoms with Crippen molar-refractivity contribution in [3.05, 3.63) is 47.5 Å². The highest BCUT2D eigenvalue weighted by molar-refractivity contribution is 5.98. The predicted octanol–water partition coefficient (Wildman–Crippen LogP) is 4.38. The first-order valence-corrected chi connectivity index (χ1v) is 9.95. The summed E-state index contributed by atoms with van der Waals surface area (Å²) in [6.07, 6.45) is -0.150. The standard InChI is InChI=1S/C23H29NO6/c1-6-12-29-20-11-9-17(14-21(20)28-7-2)23(26)30-16(4)22(25)24-18-13-15(3)8-10-19(18)27-5/h8-11,13-14,16H,6-7,12H2,1-5H3,(H,24,25)/t16-/m1/s1. The van der Waals surface area contributed by atoms with Gasteiger partial charge < -0.3 is 24.3 Å². The van der Waals surface area contributed by atoms with Gasteiger partial charge in [0.25, 0.3) is 5.91 Å². The van der Waals surface area contributed by atoms with Crippen LogP contribution in [0, 0.1) is 6.92 Å². The fraction of sp³-hybridized carbons (Fsp3) is 0.391. The minimum absolute atomic E-state index is 0.273. The maximum atomic E-state index is 12.5. The highest BCUT2D eigenvalue weighted by atomic mass is 16.5. The van der Waals surface area contributed by atoms with Crippen molar-refractivity contribution in [1.82, 2.24) is 0 Å². The van der Waals surface area contributed by atoms with Gasteiger partial charge in [0.2, 0.25) is 0 Å². The number of nitrogens with one attached hydrogen (secondary N) is 1. The highest BCUT2D eigenvalue weighted by Crippen LogP contribution is 2.29. The summed E-state index contributed by atoms with van der Waals surface area (Å²) in [6.45, 7) is 8.24. The van der Waals surface area contributed by atoms with Gasteiger partial charge in [-0.1, -0.05) is 13.0 Å². The molecule has 0 unspecified atom stereocenters. The normalized spacial score (nSPS) is 11.4. The molecule has 7 nitrogen and oxygen atoms in total. The maximum Gasteiger partial charge on any atom is 0.339 e. The Morgan fingerprint density at radius 2 is 1.73 bits per heavy atom. The molecular formula is C23H29NO6. The monoisotopic (exact) mass is 415 g/mol. The van der Waals surface area contributed by atoms with Crippen LogP contribution in [0.15, 0.2) is 36.4 Å². The molecule has 1 amide bonds. The summed E-state index contributed by atoms with van der Waals surface area (Å²) in [6, 6.07) is 10.2. The molecule has 0 saturated carbocycles. The van der Waals surface area contributed by atoms with Crippen molar-refractivity contribution in [3.63, 3.8) is 0 Å². The number of hydrogen-bond donors (Lipinski definition) is 1. The van der Waals surface area contributed by atoms with Gasteiger partial charge in [0.05, 0.1) is 31.6 Å². The minimum atomic E-state index is -1.01. The van der Waals surface area contributed by atoms with Crippen LogP contribution in [0.1, 0.15) is 43.1 Å². The average Bonchev–Trinajstić information content (AvgIpc) is 2.73. The van der Waals surface area contributed by atoms with Gasteiger partial charge in [0, 0.05) is 0 Å². The van der Waals surface area contributed by atoms with Gasteiger partial charge in [0.1, 0.15) is 5.75 Å². The van der Waals surface area contributed by atoms with Crippen LogP contribution in [0.25, 0.3) is 0 Å². The lowest BCUT2D eigenvalue weighted by atomic mass is 10.2. The molecule has 0 heterocycles. The SMILES string of the molecule is CCCOc1ccc(C(=O)O[C@H](C)C(=O)Nc2cc(C)ccc2OC)cc1OCC. The first-order valence-electron chi connectivity index (χ1n) is 9.95. The molecule has 0 aliphatic carbocycles. The highest BCUT2D eigenvalue weighted by Gasteiger charge is 2.21. The summed E-state index contributed by atoms with van der Waals surface area (Å²) in [5.41, 5.74) is 1.75. The number of benzene rings is 2. The fourth-order valence-corrected chi connectivity index (χ4v) is 2.67. The van der Waals surface area contributed by atoms with Crippen molar-refractivity contribution in [3.8, 4) is 17.2 Å². The zero-order chi connectivity index (χ0) is 22.1. The first-order chi connectivity index (χ1) is 14.4. The molecule has 0 bridgehead atoms. The summed E-state index contributed by atoms with van der Waals surface area (Å²) in [5, 5.41) is 2.74. The van der Waals surface area contributed by atoms with Crippen molar-refractivity contribution in [2.24, 2.45) is 0 Å². The van der Waals surface area contributed by atoms with E-state index < -0.39 is 18.0 Å². The van der Waals surface area contributed by atoms with E-state index in [1.165, 1.54) is 14.0 Å². The molecule has 1 N–H and O–H groups in total. The van der Waals surface area contributed by atoms with Crippen molar-refractivity contribution in [2.45, 2.75) is 40.2 Å². The second kappa shape index (κ2) is 11.1. The van der Waals surface area contributed by atoms with Crippen molar-refractivity contribution in [1.29, 1.82) is 0 Å². The molecule has 7 heteroatoms. The summed E-state index contributed by atoms with van der Waals surface area (Å²) < 4.78 is 21.8. The zero-order valence-electron chi connectivity index (χ0n) is 18.1. The van der Waals surface area contributed by atoms with Gasteiger partial charge >= 0.3 is 5.97 Å². The number of amides is 1. The second-order valence-corrected chi connectivity index (χ2v) is 6.68. The fourth-order valence-electron chi connectivity index (χ4n) is 2.67. The van der Waals surface area contributed by atoms with Crippen LogP contribution in [0.4, 0.5) is 5.69 Å². The summed E-state index contributed by atoms with van der Waals surface area (Å²) in [7, 11) is 1.52. The molecule has 2 aromatic rings. The number of hydrogen-bond acceptors (Lipinski definition) is 6. The van der Waals surface area contributed by atoms with Gasteiger partial charge in [-0.3, -0.25) is 4.79 Å². The van der Waals surface area contributed by atoms with Gasteiger partial charge in [-0.15, -0.1) is 0 Å². The van der Waals surface area contributed by atoms with Gasteiger partial charge in [0.15, 0.2) is 17.6 Å². The molecule has 0 aromatic heterocycles. The molecule has 1 atom stereocenters. The molecule has 0 fully saturated rings. The molecule has 0 aliphatic rings. The zero-order valence-corrected chi connectivity index (χ0v) is 18.1. The van der Waals surface area contributed by atoms with E-state index in [0.717, 1.165) is 12.0 Å². The molecule has 2 aromatic carbocycles. The van der Waals surface area contributed by atoms with Crippen LogP contribution in [0.2, 0.25) is 0 Å². The number of methoxy groups -OCH3 is 1. The first kappa shape index (κ1) is 23.1. The predicted molar refractivity (Wildman–Crippen MR) is 115 cm³/mol. The number of rotatable bonds is 10. The summed E-state index contributed by atoms with van der Waals surface area (Å²) in [5.74, 6) is 0.461. The van der Waals surface area contributed by atoms with Gasteiger partial charge in [-0.2, -0.15) is 0 Å². The lowest BCUT2D eigenvalue weighted by Gasteiger charge is -2.16. The number of ether oxygens (including phenoxy) is 4. The number of esters is 1. The smallest absolute Gasteiger partial charge is 0.339 e. The quantitative estimate of drug-likeness (QED) is 0.580. The van der Waals surface area contributed by atoms with Crippen molar-refractivity contribution < 1.29 is 28.5 Å². The lowest BCUT2D eigenvalue weighted by molar-refractivity contribution is -0.123. The number of carbonyl (C=O) groups excluding carboxylic acids is 2. The Kier molecular flexibility index (Phi) is 8.53. The molecule has 0 spiro atoms. The van der Waals surface area contributed by atoms with Crippen LogP contribution in [-0.2, 0) is 9.53 Å². The minimum Gasteiger partial charge on any atom is -0.495 e. The second-order valence-electron chi connectivity index (χ2n) is 6.68.